The van der Waals surface area contributed by atoms with Crippen LogP contribution in [-0.2, 0) is 17.5 Å². The Labute approximate surface area is 124 Å². The molecule has 22 heavy (non-hydrogen) atoms. The monoisotopic (exact) mass is 317 g/mol. The molecule has 1 aliphatic heterocycles. The lowest BCUT2D eigenvalue weighted by Crippen LogP contribution is -2.42. The third kappa shape index (κ3) is 3.60. The van der Waals surface area contributed by atoms with Crippen LogP contribution in [0.15, 0.2) is 18.2 Å². The van der Waals surface area contributed by atoms with E-state index in [0.29, 0.717) is 0 Å². The van der Waals surface area contributed by atoms with Crippen LogP contribution >= 0.6 is 0 Å². The Kier molecular flexibility index (Phi) is 4.43. The van der Waals surface area contributed by atoms with Gasteiger partial charge in [-0.2, -0.15) is 13.2 Å². The Balaban J connectivity index is 2.09. The van der Waals surface area contributed by atoms with E-state index >= 15 is 0 Å². The number of benzene rings is 1. The van der Waals surface area contributed by atoms with Gasteiger partial charge in [0.2, 0.25) is 5.91 Å². The van der Waals surface area contributed by atoms with Crippen LogP contribution in [0.25, 0.3) is 0 Å². The molecule has 1 atom stereocenters. The van der Waals surface area contributed by atoms with Gasteiger partial charge in [0.25, 0.3) is 0 Å². The van der Waals surface area contributed by atoms with E-state index in [0.717, 1.165) is 6.07 Å². The number of amides is 3. The van der Waals surface area contributed by atoms with Gasteiger partial charge in [-0.25, -0.2) is 4.79 Å². The Morgan fingerprint density at radius 2 is 2.18 bits per heavy atom. The van der Waals surface area contributed by atoms with Crippen molar-refractivity contribution in [3.05, 3.63) is 29.3 Å². The van der Waals surface area contributed by atoms with Crippen molar-refractivity contribution < 1.29 is 27.5 Å². The van der Waals surface area contributed by atoms with Crippen molar-refractivity contribution in [2.75, 3.05) is 13.7 Å². The third-order valence-corrected chi connectivity index (χ3v) is 3.16. The minimum Gasteiger partial charge on any atom is -0.497 e. The summed E-state index contributed by atoms with van der Waals surface area (Å²) in [6, 6.07) is 2.23. The van der Waals surface area contributed by atoms with Crippen LogP contribution in [0.4, 0.5) is 18.0 Å². The van der Waals surface area contributed by atoms with Gasteiger partial charge in [0.05, 0.1) is 12.7 Å². The predicted molar refractivity (Wildman–Crippen MR) is 70.2 cm³/mol. The van der Waals surface area contributed by atoms with Gasteiger partial charge < -0.3 is 20.7 Å². The number of hydrogen-bond acceptors (Lipinski definition) is 3. The lowest BCUT2D eigenvalue weighted by Gasteiger charge is -2.16. The average Bonchev–Trinajstić information content (AvgIpc) is 2.90. The van der Waals surface area contributed by atoms with Crippen molar-refractivity contribution in [2.45, 2.75) is 18.8 Å². The molecule has 3 amide bonds. The van der Waals surface area contributed by atoms with Crippen LogP contribution in [0.2, 0.25) is 0 Å². The van der Waals surface area contributed by atoms with Gasteiger partial charge in [0, 0.05) is 13.1 Å². The number of hydrogen-bond donors (Lipinski definition) is 3. The molecule has 120 valence electrons. The van der Waals surface area contributed by atoms with Crippen molar-refractivity contribution in [3.8, 4) is 5.75 Å². The Morgan fingerprint density at radius 1 is 1.45 bits per heavy atom. The molecule has 0 radical (unpaired) electrons. The number of nitrogens with one attached hydrogen (secondary N) is 3. The maximum Gasteiger partial charge on any atom is 0.416 e. The molecule has 0 aromatic heterocycles. The Bertz CT molecular complexity index is 590. The summed E-state index contributed by atoms with van der Waals surface area (Å²) < 4.78 is 43.8. The van der Waals surface area contributed by atoms with E-state index in [2.05, 4.69) is 16.0 Å². The molecule has 0 aliphatic carbocycles. The lowest BCUT2D eigenvalue weighted by atomic mass is 10.1. The molecular formula is C13H14F3N3O3. The van der Waals surface area contributed by atoms with E-state index in [1.165, 1.54) is 19.2 Å². The van der Waals surface area contributed by atoms with E-state index in [9.17, 15) is 22.8 Å². The largest absolute Gasteiger partial charge is 0.497 e. The first-order valence-corrected chi connectivity index (χ1v) is 6.37. The van der Waals surface area contributed by atoms with Crippen molar-refractivity contribution in [1.82, 2.24) is 16.0 Å². The fourth-order valence-corrected chi connectivity index (χ4v) is 2.02. The molecular weight excluding hydrogens is 303 g/mol. The van der Waals surface area contributed by atoms with Crippen molar-refractivity contribution >= 4 is 11.9 Å². The topological polar surface area (TPSA) is 79.5 Å². The quantitative estimate of drug-likeness (QED) is 0.775. The summed E-state index contributed by atoms with van der Waals surface area (Å²) in [5, 5.41) is 7.12. The van der Waals surface area contributed by atoms with E-state index in [1.54, 1.807) is 0 Å². The van der Waals surface area contributed by atoms with E-state index in [4.69, 9.17) is 4.74 Å². The van der Waals surface area contributed by atoms with Gasteiger partial charge >= 0.3 is 12.2 Å². The number of rotatable bonds is 4. The summed E-state index contributed by atoms with van der Waals surface area (Å²) in [5.41, 5.74) is -0.959. The highest BCUT2D eigenvalue weighted by molar-refractivity contribution is 5.90. The normalized spacial score (nSPS) is 17.6. The first-order chi connectivity index (χ1) is 10.3. The molecule has 2 rings (SSSR count). The van der Waals surface area contributed by atoms with Crippen LogP contribution in [0.3, 0.4) is 0 Å². The first-order valence-electron chi connectivity index (χ1n) is 6.37. The second-order valence-electron chi connectivity index (χ2n) is 4.65. The maximum absolute atomic E-state index is 13.0. The smallest absolute Gasteiger partial charge is 0.416 e. The van der Waals surface area contributed by atoms with Crippen LogP contribution < -0.4 is 20.7 Å². The molecule has 0 saturated carbocycles. The Hall–Kier alpha value is -2.45. The lowest BCUT2D eigenvalue weighted by molar-refractivity contribution is -0.138. The number of methoxy groups -OCH3 is 1. The number of urea groups is 1. The van der Waals surface area contributed by atoms with Crippen LogP contribution in [0, 0.1) is 0 Å². The average molecular weight is 317 g/mol. The molecule has 1 heterocycles. The fraction of sp³-hybridized carbons (Fsp3) is 0.385. The van der Waals surface area contributed by atoms with E-state index in [1.807, 2.05) is 0 Å². The van der Waals surface area contributed by atoms with Gasteiger partial charge in [0.15, 0.2) is 0 Å². The Morgan fingerprint density at radius 3 is 2.73 bits per heavy atom. The second kappa shape index (κ2) is 6.12. The standard InChI is InChI=1S/C13H14F3N3O3/c1-22-8-3-2-7(9(4-8)13(14,15)16)5-17-11(20)10-6-18-12(21)19-10/h2-4,10H,5-6H2,1H3,(H,17,20)(H2,18,19,21)/t10-/m1/s1. The SMILES string of the molecule is COc1ccc(CNC(=O)[C@H]2CNC(=O)N2)c(C(F)(F)F)c1. The first kappa shape index (κ1) is 15.9. The van der Waals surface area contributed by atoms with Gasteiger partial charge in [-0.1, -0.05) is 6.07 Å². The molecule has 0 bridgehead atoms. The number of halogens is 3. The van der Waals surface area contributed by atoms with E-state index in [-0.39, 0.29) is 24.4 Å². The second-order valence-corrected chi connectivity index (χ2v) is 4.65. The zero-order valence-corrected chi connectivity index (χ0v) is 11.6. The van der Waals surface area contributed by atoms with Gasteiger partial charge in [0.1, 0.15) is 11.8 Å². The number of alkyl halides is 3. The number of ether oxygens (including phenoxy) is 1. The molecule has 6 nitrogen and oxygen atoms in total. The van der Waals surface area contributed by atoms with Crippen molar-refractivity contribution in [2.24, 2.45) is 0 Å². The summed E-state index contributed by atoms with van der Waals surface area (Å²) in [4.78, 5) is 22.7. The molecule has 0 unspecified atom stereocenters. The maximum atomic E-state index is 13.0. The molecule has 1 fully saturated rings. The molecule has 1 aromatic carbocycles. The minimum atomic E-state index is -4.56. The van der Waals surface area contributed by atoms with Crippen LogP contribution in [0.1, 0.15) is 11.1 Å². The highest BCUT2D eigenvalue weighted by Gasteiger charge is 2.34. The van der Waals surface area contributed by atoms with Crippen molar-refractivity contribution in [1.29, 1.82) is 0 Å². The number of carbonyl (C=O) groups excluding carboxylic acids is 2. The molecule has 1 saturated heterocycles. The number of carbonyl (C=O) groups is 2. The predicted octanol–water partition coefficient (Wildman–Crippen LogP) is 1.01. The highest BCUT2D eigenvalue weighted by Crippen LogP contribution is 2.34. The fourth-order valence-electron chi connectivity index (χ4n) is 2.02. The van der Waals surface area contributed by atoms with Gasteiger partial charge in [-0.3, -0.25) is 4.79 Å². The zero-order valence-electron chi connectivity index (χ0n) is 11.6. The summed E-state index contributed by atoms with van der Waals surface area (Å²) >= 11 is 0. The van der Waals surface area contributed by atoms with E-state index < -0.39 is 29.7 Å². The molecule has 9 heteroatoms. The summed E-state index contributed by atoms with van der Waals surface area (Å²) in [7, 11) is 1.27. The highest BCUT2D eigenvalue weighted by atomic mass is 19.4. The third-order valence-electron chi connectivity index (χ3n) is 3.16. The molecule has 0 spiro atoms. The zero-order chi connectivity index (χ0) is 16.3. The van der Waals surface area contributed by atoms with Crippen LogP contribution in [-0.4, -0.2) is 31.6 Å². The van der Waals surface area contributed by atoms with Gasteiger partial charge in [-0.05, 0) is 17.7 Å². The van der Waals surface area contributed by atoms with Gasteiger partial charge in [-0.15, -0.1) is 0 Å². The molecule has 3 N–H and O–H groups in total. The molecule has 1 aliphatic rings. The molecule has 1 aromatic rings. The summed E-state index contributed by atoms with van der Waals surface area (Å²) in [6.45, 7) is -0.205. The van der Waals surface area contributed by atoms with Crippen LogP contribution in [0.5, 0.6) is 5.75 Å². The summed E-state index contributed by atoms with van der Waals surface area (Å²) in [5.74, 6) is -0.475. The summed E-state index contributed by atoms with van der Waals surface area (Å²) in [6.07, 6.45) is -4.56. The van der Waals surface area contributed by atoms with Crippen molar-refractivity contribution in [3.63, 3.8) is 0 Å². The minimum absolute atomic E-state index is 0.0784.